The van der Waals surface area contributed by atoms with Gasteiger partial charge in [-0.2, -0.15) is 0 Å². The lowest BCUT2D eigenvalue weighted by Gasteiger charge is -2.24. The second-order valence-corrected chi connectivity index (χ2v) is 4.87. The first kappa shape index (κ1) is 12.9. The summed E-state index contributed by atoms with van der Waals surface area (Å²) in [5.74, 6) is 4.21. The molecule has 0 saturated heterocycles. The molecule has 16 heavy (non-hydrogen) atoms. The van der Waals surface area contributed by atoms with Crippen molar-refractivity contribution in [3.63, 3.8) is 0 Å². The molecule has 0 saturated carbocycles. The topological polar surface area (TPSA) is 18.5 Å². The van der Waals surface area contributed by atoms with Crippen molar-refractivity contribution in [2.45, 2.75) is 19.3 Å². The van der Waals surface area contributed by atoms with Gasteiger partial charge in [-0.15, -0.1) is 6.42 Å². The molecule has 0 atom stereocenters. The maximum atomic E-state index is 5.55. The van der Waals surface area contributed by atoms with E-state index in [1.165, 1.54) is 0 Å². The second kappa shape index (κ2) is 4.80. The minimum absolute atomic E-state index is 0.433. The van der Waals surface area contributed by atoms with Crippen LogP contribution in [0.5, 0.6) is 11.5 Å². The van der Waals surface area contributed by atoms with Crippen molar-refractivity contribution in [1.82, 2.24) is 0 Å². The summed E-state index contributed by atoms with van der Waals surface area (Å²) in [7, 11) is 3.24. The van der Waals surface area contributed by atoms with Gasteiger partial charge in [0.25, 0.3) is 0 Å². The molecule has 1 rings (SSSR count). The van der Waals surface area contributed by atoms with E-state index in [2.05, 4.69) is 21.9 Å². The van der Waals surface area contributed by atoms with Gasteiger partial charge in [0.05, 0.1) is 25.2 Å². The van der Waals surface area contributed by atoms with Crippen LogP contribution in [-0.2, 0) is 5.41 Å². The van der Waals surface area contributed by atoms with E-state index in [1.807, 2.05) is 26.0 Å². The average Bonchev–Trinajstić information content (AvgIpc) is 2.27. The van der Waals surface area contributed by atoms with Gasteiger partial charge in [0.2, 0.25) is 0 Å². The zero-order valence-corrected chi connectivity index (χ0v) is 11.5. The number of ether oxygens (including phenoxy) is 2. The molecule has 0 aliphatic heterocycles. The fraction of sp³-hybridized carbons (Fsp3) is 0.385. The smallest absolute Gasteiger partial charge is 0.128 e. The molecule has 0 aliphatic rings. The third-order valence-corrected chi connectivity index (χ3v) is 2.91. The largest absolute Gasteiger partial charge is 0.496 e. The van der Waals surface area contributed by atoms with E-state index in [1.54, 1.807) is 14.2 Å². The Kier molecular flexibility index (Phi) is 3.88. The first-order valence-corrected chi connectivity index (χ1v) is 5.65. The number of methoxy groups -OCH3 is 2. The van der Waals surface area contributed by atoms with E-state index in [4.69, 9.17) is 15.9 Å². The molecular formula is C13H15BrO2. The van der Waals surface area contributed by atoms with Crippen LogP contribution < -0.4 is 9.47 Å². The average molecular weight is 283 g/mol. The van der Waals surface area contributed by atoms with E-state index >= 15 is 0 Å². The van der Waals surface area contributed by atoms with Crippen molar-refractivity contribution in [2.75, 3.05) is 14.2 Å². The fourth-order valence-electron chi connectivity index (χ4n) is 1.57. The summed E-state index contributed by atoms with van der Waals surface area (Å²) in [5, 5.41) is 0. The predicted octanol–water partition coefficient (Wildman–Crippen LogP) is 3.38. The highest BCUT2D eigenvalue weighted by atomic mass is 79.9. The second-order valence-electron chi connectivity index (χ2n) is 3.95. The predicted molar refractivity (Wildman–Crippen MR) is 69.1 cm³/mol. The molecule has 86 valence electrons. The van der Waals surface area contributed by atoms with Crippen molar-refractivity contribution in [2.24, 2.45) is 0 Å². The Morgan fingerprint density at radius 2 is 1.62 bits per heavy atom. The molecular weight excluding hydrogens is 268 g/mol. The van der Waals surface area contributed by atoms with Crippen molar-refractivity contribution in [3.8, 4) is 23.8 Å². The molecule has 1 aromatic rings. The third-order valence-electron chi connectivity index (χ3n) is 2.46. The fourth-order valence-corrected chi connectivity index (χ4v) is 1.98. The standard InChI is InChI=1S/C13H15BrO2/c1-6-13(2,3)12-10(15-4)7-9(14)8-11(12)16-5/h1,7-8H,2-5H3. The molecule has 0 N–H and O–H groups in total. The molecule has 0 heterocycles. The third kappa shape index (κ3) is 2.33. The number of rotatable bonds is 3. The van der Waals surface area contributed by atoms with Crippen molar-refractivity contribution in [3.05, 3.63) is 22.2 Å². The first-order chi connectivity index (χ1) is 7.46. The Labute approximate surface area is 105 Å². The van der Waals surface area contributed by atoms with Gasteiger partial charge in [-0.1, -0.05) is 21.9 Å². The van der Waals surface area contributed by atoms with Gasteiger partial charge in [0.1, 0.15) is 11.5 Å². The van der Waals surface area contributed by atoms with Crippen LogP contribution in [0.15, 0.2) is 16.6 Å². The van der Waals surface area contributed by atoms with Crippen LogP contribution in [0.2, 0.25) is 0 Å². The van der Waals surface area contributed by atoms with Crippen LogP contribution in [0.25, 0.3) is 0 Å². The summed E-state index contributed by atoms with van der Waals surface area (Å²) in [6.45, 7) is 3.92. The van der Waals surface area contributed by atoms with E-state index < -0.39 is 5.41 Å². The highest BCUT2D eigenvalue weighted by Crippen LogP contribution is 2.40. The van der Waals surface area contributed by atoms with Crippen LogP contribution in [0.1, 0.15) is 19.4 Å². The Morgan fingerprint density at radius 3 is 1.94 bits per heavy atom. The lowest BCUT2D eigenvalue weighted by Crippen LogP contribution is -2.16. The minimum Gasteiger partial charge on any atom is -0.496 e. The summed E-state index contributed by atoms with van der Waals surface area (Å²) in [6, 6.07) is 3.77. The van der Waals surface area contributed by atoms with Gasteiger partial charge in [-0.3, -0.25) is 0 Å². The van der Waals surface area contributed by atoms with E-state index in [0.29, 0.717) is 0 Å². The number of hydrogen-bond acceptors (Lipinski definition) is 2. The maximum Gasteiger partial charge on any atom is 0.128 e. The molecule has 1 aromatic carbocycles. The number of terminal acetylenes is 1. The Hall–Kier alpha value is -1.14. The lowest BCUT2D eigenvalue weighted by atomic mass is 9.84. The highest BCUT2D eigenvalue weighted by Gasteiger charge is 2.26. The SMILES string of the molecule is C#CC(C)(C)c1c(OC)cc(Br)cc1OC. The Morgan fingerprint density at radius 1 is 1.19 bits per heavy atom. The summed E-state index contributed by atoms with van der Waals surface area (Å²) >= 11 is 3.41. The molecule has 0 bridgehead atoms. The molecule has 0 radical (unpaired) electrons. The Balaban J connectivity index is 3.52. The van der Waals surface area contributed by atoms with Gasteiger partial charge in [-0.05, 0) is 26.0 Å². The maximum absolute atomic E-state index is 5.55. The van der Waals surface area contributed by atoms with E-state index in [-0.39, 0.29) is 0 Å². The zero-order chi connectivity index (χ0) is 12.3. The van der Waals surface area contributed by atoms with Crippen LogP contribution in [0, 0.1) is 12.3 Å². The van der Waals surface area contributed by atoms with Crippen molar-refractivity contribution in [1.29, 1.82) is 0 Å². The quantitative estimate of drug-likeness (QED) is 0.792. The van der Waals surface area contributed by atoms with E-state index in [0.717, 1.165) is 21.5 Å². The Bertz CT molecular complexity index is 405. The monoisotopic (exact) mass is 282 g/mol. The van der Waals surface area contributed by atoms with Gasteiger partial charge in [-0.25, -0.2) is 0 Å². The molecule has 0 spiro atoms. The van der Waals surface area contributed by atoms with Crippen LogP contribution >= 0.6 is 15.9 Å². The van der Waals surface area contributed by atoms with Crippen LogP contribution in [-0.4, -0.2) is 14.2 Å². The number of halogens is 1. The summed E-state index contributed by atoms with van der Waals surface area (Å²) < 4.78 is 11.6. The summed E-state index contributed by atoms with van der Waals surface area (Å²) in [5.41, 5.74) is 0.459. The van der Waals surface area contributed by atoms with Crippen molar-refractivity contribution >= 4 is 15.9 Å². The van der Waals surface area contributed by atoms with Gasteiger partial charge in [0.15, 0.2) is 0 Å². The highest BCUT2D eigenvalue weighted by molar-refractivity contribution is 9.10. The number of benzene rings is 1. The summed E-state index contributed by atoms with van der Waals surface area (Å²) in [6.07, 6.45) is 5.55. The van der Waals surface area contributed by atoms with Gasteiger partial charge >= 0.3 is 0 Å². The molecule has 3 heteroatoms. The molecule has 0 unspecified atom stereocenters. The van der Waals surface area contributed by atoms with Gasteiger partial charge < -0.3 is 9.47 Å². The normalized spacial score (nSPS) is 10.8. The lowest BCUT2D eigenvalue weighted by molar-refractivity contribution is 0.374. The molecule has 0 fully saturated rings. The first-order valence-electron chi connectivity index (χ1n) is 4.86. The van der Waals surface area contributed by atoms with Crippen molar-refractivity contribution < 1.29 is 9.47 Å². The molecule has 0 aromatic heterocycles. The number of hydrogen-bond donors (Lipinski definition) is 0. The zero-order valence-electron chi connectivity index (χ0n) is 9.93. The molecule has 0 aliphatic carbocycles. The molecule has 0 amide bonds. The van der Waals surface area contributed by atoms with E-state index in [9.17, 15) is 0 Å². The minimum atomic E-state index is -0.433. The van der Waals surface area contributed by atoms with Crippen LogP contribution in [0.3, 0.4) is 0 Å². The van der Waals surface area contributed by atoms with Gasteiger partial charge in [0, 0.05) is 4.47 Å². The summed E-state index contributed by atoms with van der Waals surface area (Å²) in [4.78, 5) is 0. The molecule has 2 nitrogen and oxygen atoms in total. The van der Waals surface area contributed by atoms with Crippen LogP contribution in [0.4, 0.5) is 0 Å².